The number of carbonyl (C=O) groups excluding carboxylic acids is 2. The number of carbonyl (C=O) groups is 2. The van der Waals surface area contributed by atoms with Crippen LogP contribution in [-0.4, -0.2) is 49.4 Å². The normalized spacial score (nSPS) is 17.5. The van der Waals surface area contributed by atoms with Crippen LogP contribution in [0.4, 0.5) is 0 Å². The van der Waals surface area contributed by atoms with Crippen molar-refractivity contribution < 1.29 is 14.3 Å². The lowest BCUT2D eigenvalue weighted by molar-refractivity contribution is -0.134. The molecule has 6 heteroatoms. The number of likely N-dealkylation sites (N-methyl/N-ethyl adjacent to an activating group) is 1. The maximum Gasteiger partial charge on any atom is 0.260 e. The molecule has 1 aromatic carbocycles. The minimum absolute atomic E-state index is 0. The molecule has 0 aromatic heterocycles. The van der Waals surface area contributed by atoms with Gasteiger partial charge >= 0.3 is 0 Å². The molecule has 0 radical (unpaired) electrons. The lowest BCUT2D eigenvalue weighted by Crippen LogP contribution is -2.48. The Kier molecular flexibility index (Phi) is 7.35. The number of likely N-dealkylation sites (tertiary alicyclic amines) is 1. The minimum Gasteiger partial charge on any atom is -0.484 e. The summed E-state index contributed by atoms with van der Waals surface area (Å²) in [6.45, 7) is 3.04. The number of benzene rings is 1. The number of ether oxygens (including phenoxy) is 1. The molecule has 1 atom stereocenters. The topological polar surface area (TPSA) is 58.6 Å². The zero-order valence-electron chi connectivity index (χ0n) is 13.0. The highest BCUT2D eigenvalue weighted by atomic mass is 35.5. The van der Waals surface area contributed by atoms with Crippen molar-refractivity contribution in [1.29, 1.82) is 0 Å². The number of nitrogens with one attached hydrogen (secondary N) is 1. The molecule has 1 aliphatic heterocycles. The van der Waals surface area contributed by atoms with E-state index in [1.54, 1.807) is 24.3 Å². The summed E-state index contributed by atoms with van der Waals surface area (Å²) in [5.74, 6) is 0.529. The lowest BCUT2D eigenvalue weighted by Gasteiger charge is -2.32. The summed E-state index contributed by atoms with van der Waals surface area (Å²) in [5.41, 5.74) is 0.591. The van der Waals surface area contributed by atoms with Gasteiger partial charge in [0, 0.05) is 24.7 Å². The summed E-state index contributed by atoms with van der Waals surface area (Å²) in [6.07, 6.45) is 2.11. The van der Waals surface area contributed by atoms with Gasteiger partial charge in [0.15, 0.2) is 12.4 Å². The Morgan fingerprint density at radius 2 is 2.18 bits per heavy atom. The van der Waals surface area contributed by atoms with E-state index in [0.29, 0.717) is 17.4 Å². The maximum absolute atomic E-state index is 12.2. The van der Waals surface area contributed by atoms with Gasteiger partial charge in [-0.15, -0.1) is 12.4 Å². The summed E-state index contributed by atoms with van der Waals surface area (Å²) >= 11 is 0. The van der Waals surface area contributed by atoms with E-state index < -0.39 is 0 Å². The first-order valence-electron chi connectivity index (χ1n) is 7.29. The number of rotatable bonds is 5. The second-order valence-corrected chi connectivity index (χ2v) is 5.34. The molecule has 22 heavy (non-hydrogen) atoms. The van der Waals surface area contributed by atoms with E-state index in [0.717, 1.165) is 25.9 Å². The fourth-order valence-electron chi connectivity index (χ4n) is 2.48. The van der Waals surface area contributed by atoms with E-state index in [9.17, 15) is 9.59 Å². The zero-order valence-corrected chi connectivity index (χ0v) is 13.8. The highest BCUT2D eigenvalue weighted by Crippen LogP contribution is 2.15. The summed E-state index contributed by atoms with van der Waals surface area (Å²) in [4.78, 5) is 25.3. The highest BCUT2D eigenvalue weighted by Gasteiger charge is 2.22. The molecule has 1 aliphatic rings. The van der Waals surface area contributed by atoms with Crippen LogP contribution in [0.5, 0.6) is 5.75 Å². The second kappa shape index (κ2) is 8.76. The van der Waals surface area contributed by atoms with Crippen molar-refractivity contribution in [3.8, 4) is 5.75 Å². The largest absolute Gasteiger partial charge is 0.484 e. The summed E-state index contributed by atoms with van der Waals surface area (Å²) < 4.78 is 5.52. The van der Waals surface area contributed by atoms with Crippen molar-refractivity contribution in [2.75, 3.05) is 26.7 Å². The number of Topliss-reactive ketones (excluding diaryl/α,β-unsaturated/α-hetero) is 1. The smallest absolute Gasteiger partial charge is 0.260 e. The first-order chi connectivity index (χ1) is 10.1. The SMILES string of the molecule is CNC1CCCN(C(=O)COc2cccc(C(C)=O)c2)C1.Cl. The van der Waals surface area contributed by atoms with Crippen molar-refractivity contribution in [2.24, 2.45) is 0 Å². The predicted molar refractivity (Wildman–Crippen MR) is 87.9 cm³/mol. The quantitative estimate of drug-likeness (QED) is 0.840. The third-order valence-electron chi connectivity index (χ3n) is 3.79. The summed E-state index contributed by atoms with van der Waals surface area (Å²) in [6, 6.07) is 7.28. The Morgan fingerprint density at radius 3 is 2.86 bits per heavy atom. The van der Waals surface area contributed by atoms with Crippen LogP contribution in [0, 0.1) is 0 Å². The van der Waals surface area contributed by atoms with Crippen molar-refractivity contribution >= 4 is 24.1 Å². The predicted octanol–water partition coefficient (Wildman–Crippen LogP) is 1.90. The van der Waals surface area contributed by atoms with E-state index in [2.05, 4.69) is 5.32 Å². The van der Waals surface area contributed by atoms with Gasteiger partial charge in [-0.2, -0.15) is 0 Å². The Balaban J connectivity index is 0.00000242. The van der Waals surface area contributed by atoms with Crippen LogP contribution in [0.2, 0.25) is 0 Å². The van der Waals surface area contributed by atoms with E-state index in [1.165, 1.54) is 6.92 Å². The van der Waals surface area contributed by atoms with E-state index in [4.69, 9.17) is 4.74 Å². The molecule has 0 saturated carbocycles. The Hall–Kier alpha value is -1.59. The monoisotopic (exact) mass is 326 g/mol. The van der Waals surface area contributed by atoms with Crippen molar-refractivity contribution in [1.82, 2.24) is 10.2 Å². The van der Waals surface area contributed by atoms with Crippen molar-refractivity contribution in [2.45, 2.75) is 25.8 Å². The molecule has 1 amide bonds. The number of amides is 1. The minimum atomic E-state index is -0.0142. The van der Waals surface area contributed by atoms with E-state index >= 15 is 0 Å². The molecule has 0 bridgehead atoms. The average Bonchev–Trinajstić information content (AvgIpc) is 2.53. The molecule has 0 aliphatic carbocycles. The second-order valence-electron chi connectivity index (χ2n) is 5.34. The van der Waals surface area contributed by atoms with Crippen molar-refractivity contribution in [3.05, 3.63) is 29.8 Å². The molecule has 2 rings (SSSR count). The van der Waals surface area contributed by atoms with Gasteiger partial charge in [-0.1, -0.05) is 12.1 Å². The van der Waals surface area contributed by atoms with E-state index in [1.807, 2.05) is 11.9 Å². The molecule has 1 N–H and O–H groups in total. The number of ketones is 1. The van der Waals surface area contributed by atoms with Gasteiger partial charge in [-0.3, -0.25) is 9.59 Å². The fraction of sp³-hybridized carbons (Fsp3) is 0.500. The molecule has 122 valence electrons. The van der Waals surface area contributed by atoms with Gasteiger partial charge in [0.05, 0.1) is 0 Å². The molecular formula is C16H23ClN2O3. The molecule has 1 heterocycles. The van der Waals surface area contributed by atoms with Gasteiger partial charge in [-0.05, 0) is 38.9 Å². The van der Waals surface area contributed by atoms with E-state index in [-0.39, 0.29) is 30.7 Å². The van der Waals surface area contributed by atoms with Crippen LogP contribution in [0.3, 0.4) is 0 Å². The van der Waals surface area contributed by atoms with Crippen LogP contribution in [-0.2, 0) is 4.79 Å². The van der Waals surface area contributed by atoms with Gasteiger partial charge in [-0.25, -0.2) is 0 Å². The fourth-order valence-corrected chi connectivity index (χ4v) is 2.48. The number of hydrogen-bond acceptors (Lipinski definition) is 4. The van der Waals surface area contributed by atoms with Crippen LogP contribution >= 0.6 is 12.4 Å². The molecule has 1 unspecified atom stereocenters. The number of piperidine rings is 1. The average molecular weight is 327 g/mol. The molecule has 1 saturated heterocycles. The first kappa shape index (κ1) is 18.5. The standard InChI is InChI=1S/C16H22N2O3.ClH/c1-12(19)13-5-3-7-15(9-13)21-11-16(20)18-8-4-6-14(10-18)17-2;/h3,5,7,9,14,17H,4,6,8,10-11H2,1-2H3;1H. The number of hydrogen-bond donors (Lipinski definition) is 1. The first-order valence-corrected chi connectivity index (χ1v) is 7.29. The summed E-state index contributed by atoms with van der Waals surface area (Å²) in [5, 5.41) is 3.21. The molecule has 1 fully saturated rings. The Labute approximate surface area is 137 Å². The van der Waals surface area contributed by atoms with Gasteiger partial charge in [0.25, 0.3) is 5.91 Å². The van der Waals surface area contributed by atoms with Gasteiger partial charge < -0.3 is 15.0 Å². The third-order valence-corrected chi connectivity index (χ3v) is 3.79. The van der Waals surface area contributed by atoms with Gasteiger partial charge in [0.1, 0.15) is 5.75 Å². The maximum atomic E-state index is 12.2. The van der Waals surface area contributed by atoms with Crippen molar-refractivity contribution in [3.63, 3.8) is 0 Å². The molecule has 5 nitrogen and oxygen atoms in total. The van der Waals surface area contributed by atoms with Crippen LogP contribution in [0.25, 0.3) is 0 Å². The molecule has 0 spiro atoms. The van der Waals surface area contributed by atoms with Crippen LogP contribution in [0.1, 0.15) is 30.1 Å². The molecular weight excluding hydrogens is 304 g/mol. The zero-order chi connectivity index (χ0) is 15.2. The Bertz CT molecular complexity index is 522. The Morgan fingerprint density at radius 1 is 1.41 bits per heavy atom. The van der Waals surface area contributed by atoms with Gasteiger partial charge in [0.2, 0.25) is 0 Å². The van der Waals surface area contributed by atoms with Crippen LogP contribution < -0.4 is 10.1 Å². The number of halogens is 1. The number of nitrogens with zero attached hydrogens (tertiary/aromatic N) is 1. The van der Waals surface area contributed by atoms with Crippen LogP contribution in [0.15, 0.2) is 24.3 Å². The third kappa shape index (κ3) is 5.00. The highest BCUT2D eigenvalue weighted by molar-refractivity contribution is 5.94. The lowest BCUT2D eigenvalue weighted by atomic mass is 10.1. The summed E-state index contributed by atoms with van der Waals surface area (Å²) in [7, 11) is 1.92. The molecule has 1 aromatic rings.